The van der Waals surface area contributed by atoms with Crippen molar-refractivity contribution in [1.29, 1.82) is 0 Å². The first-order valence-electron chi connectivity index (χ1n) is 8.60. The van der Waals surface area contributed by atoms with E-state index in [9.17, 15) is 5.11 Å². The molecule has 120 valence electrons. The molecule has 0 spiro atoms. The van der Waals surface area contributed by atoms with E-state index in [-0.39, 0.29) is 6.10 Å². The van der Waals surface area contributed by atoms with Crippen LogP contribution in [0.1, 0.15) is 71.1 Å². The van der Waals surface area contributed by atoms with Gasteiger partial charge in [-0.1, -0.05) is 94.6 Å². The Kier molecular flexibility index (Phi) is 16.1. The highest BCUT2D eigenvalue weighted by molar-refractivity contribution is 5.14. The van der Waals surface area contributed by atoms with Gasteiger partial charge >= 0.3 is 0 Å². The standard InChI is InChI=1S/C20H34O/c1-3-5-7-9-10-11-12-13-14-15-17-19-20(21)18-16-8-6-4-2/h3,5,7,9-12,20-21H,1,4,6,8,13-19H2,2H3. The molecule has 0 radical (unpaired) electrons. The van der Waals surface area contributed by atoms with Crippen LogP contribution in [0.15, 0.2) is 49.1 Å². The van der Waals surface area contributed by atoms with Crippen LogP contribution in [0.4, 0.5) is 0 Å². The number of rotatable bonds is 14. The maximum absolute atomic E-state index is 9.86. The van der Waals surface area contributed by atoms with E-state index in [4.69, 9.17) is 0 Å². The molecule has 1 heteroatoms. The lowest BCUT2D eigenvalue weighted by Crippen LogP contribution is -2.05. The molecule has 0 saturated heterocycles. The van der Waals surface area contributed by atoms with E-state index in [1.165, 1.54) is 38.5 Å². The Bertz CT molecular complexity index is 299. The van der Waals surface area contributed by atoms with Gasteiger partial charge in [-0.3, -0.25) is 0 Å². The van der Waals surface area contributed by atoms with Gasteiger partial charge in [0.2, 0.25) is 0 Å². The van der Waals surface area contributed by atoms with Gasteiger partial charge in [0.25, 0.3) is 0 Å². The van der Waals surface area contributed by atoms with E-state index in [1.807, 2.05) is 24.3 Å². The lowest BCUT2D eigenvalue weighted by atomic mass is 10.0. The van der Waals surface area contributed by atoms with Crippen LogP contribution in [-0.2, 0) is 0 Å². The summed E-state index contributed by atoms with van der Waals surface area (Å²) in [5, 5.41) is 9.86. The van der Waals surface area contributed by atoms with Gasteiger partial charge in [0.15, 0.2) is 0 Å². The van der Waals surface area contributed by atoms with Crippen molar-refractivity contribution in [1.82, 2.24) is 0 Å². The third-order valence-corrected chi connectivity index (χ3v) is 3.52. The summed E-state index contributed by atoms with van der Waals surface area (Å²) < 4.78 is 0. The summed E-state index contributed by atoms with van der Waals surface area (Å²) in [5.74, 6) is 0. The third kappa shape index (κ3) is 16.9. The summed E-state index contributed by atoms with van der Waals surface area (Å²) in [5.41, 5.74) is 0. The fourth-order valence-corrected chi connectivity index (χ4v) is 2.22. The fraction of sp³-hybridized carbons (Fsp3) is 0.600. The molecular weight excluding hydrogens is 256 g/mol. The molecule has 0 saturated carbocycles. The highest BCUT2D eigenvalue weighted by Gasteiger charge is 2.02. The van der Waals surface area contributed by atoms with Gasteiger partial charge in [-0.25, -0.2) is 0 Å². The predicted molar refractivity (Wildman–Crippen MR) is 95.5 cm³/mol. The topological polar surface area (TPSA) is 20.2 Å². The minimum Gasteiger partial charge on any atom is -0.393 e. The van der Waals surface area contributed by atoms with Crippen molar-refractivity contribution in [3.05, 3.63) is 49.1 Å². The number of hydrogen-bond donors (Lipinski definition) is 1. The Labute approximate surface area is 132 Å². The molecule has 1 N–H and O–H groups in total. The first-order chi connectivity index (χ1) is 10.3. The largest absolute Gasteiger partial charge is 0.393 e. The van der Waals surface area contributed by atoms with E-state index < -0.39 is 0 Å². The number of allylic oxidation sites excluding steroid dienone is 7. The molecule has 21 heavy (non-hydrogen) atoms. The first-order valence-corrected chi connectivity index (χ1v) is 8.60. The molecule has 0 rings (SSSR count). The summed E-state index contributed by atoms with van der Waals surface area (Å²) in [6.07, 6.45) is 25.6. The summed E-state index contributed by atoms with van der Waals surface area (Å²) in [7, 11) is 0. The van der Waals surface area contributed by atoms with Crippen molar-refractivity contribution < 1.29 is 5.11 Å². The van der Waals surface area contributed by atoms with Crippen molar-refractivity contribution in [3.63, 3.8) is 0 Å². The molecule has 1 atom stereocenters. The predicted octanol–water partition coefficient (Wildman–Crippen LogP) is 6.12. The van der Waals surface area contributed by atoms with Gasteiger partial charge < -0.3 is 5.11 Å². The summed E-state index contributed by atoms with van der Waals surface area (Å²) in [4.78, 5) is 0. The molecule has 1 nitrogen and oxygen atoms in total. The van der Waals surface area contributed by atoms with Crippen molar-refractivity contribution >= 4 is 0 Å². The zero-order valence-electron chi connectivity index (χ0n) is 13.8. The van der Waals surface area contributed by atoms with Crippen LogP contribution in [0.3, 0.4) is 0 Å². The lowest BCUT2D eigenvalue weighted by molar-refractivity contribution is 0.147. The van der Waals surface area contributed by atoms with E-state index in [0.717, 1.165) is 25.7 Å². The van der Waals surface area contributed by atoms with Gasteiger partial charge in [0.05, 0.1) is 6.10 Å². The third-order valence-electron chi connectivity index (χ3n) is 3.52. The second-order valence-electron chi connectivity index (χ2n) is 5.57. The van der Waals surface area contributed by atoms with Gasteiger partial charge in [-0.2, -0.15) is 0 Å². The molecule has 0 heterocycles. The number of unbranched alkanes of at least 4 members (excludes halogenated alkanes) is 6. The van der Waals surface area contributed by atoms with Crippen LogP contribution >= 0.6 is 0 Å². The van der Waals surface area contributed by atoms with Crippen molar-refractivity contribution in [2.24, 2.45) is 0 Å². The van der Waals surface area contributed by atoms with Crippen molar-refractivity contribution in [2.75, 3.05) is 0 Å². The Morgan fingerprint density at radius 3 is 2.10 bits per heavy atom. The van der Waals surface area contributed by atoms with Crippen LogP contribution in [0.5, 0.6) is 0 Å². The molecule has 1 unspecified atom stereocenters. The monoisotopic (exact) mass is 290 g/mol. The second kappa shape index (κ2) is 17.0. The smallest absolute Gasteiger partial charge is 0.0540 e. The number of aliphatic hydroxyl groups excluding tert-OH is 1. The molecule has 0 fully saturated rings. The molecule has 0 aliphatic rings. The molecule has 0 aromatic heterocycles. The lowest BCUT2D eigenvalue weighted by Gasteiger charge is -2.09. The minimum atomic E-state index is -0.0722. The van der Waals surface area contributed by atoms with E-state index in [0.29, 0.717) is 0 Å². The van der Waals surface area contributed by atoms with E-state index >= 15 is 0 Å². The Balaban J connectivity index is 3.34. The normalized spacial score (nSPS) is 13.6. The van der Waals surface area contributed by atoms with Crippen molar-refractivity contribution in [2.45, 2.75) is 77.2 Å². The maximum Gasteiger partial charge on any atom is 0.0540 e. The first kappa shape index (κ1) is 19.9. The highest BCUT2D eigenvalue weighted by atomic mass is 16.3. The molecule has 0 aliphatic heterocycles. The molecule has 0 amide bonds. The van der Waals surface area contributed by atoms with Crippen molar-refractivity contribution in [3.8, 4) is 0 Å². The SMILES string of the molecule is C=CC=CC=CC=CCCCCCC(O)CCCCCC. The van der Waals surface area contributed by atoms with E-state index in [2.05, 4.69) is 25.7 Å². The highest BCUT2D eigenvalue weighted by Crippen LogP contribution is 2.12. The maximum atomic E-state index is 9.86. The summed E-state index contributed by atoms with van der Waals surface area (Å²) >= 11 is 0. The quantitative estimate of drug-likeness (QED) is 0.302. The average Bonchev–Trinajstić information content (AvgIpc) is 2.49. The molecule has 0 bridgehead atoms. The number of hydrogen-bond acceptors (Lipinski definition) is 1. The Morgan fingerprint density at radius 2 is 1.43 bits per heavy atom. The van der Waals surface area contributed by atoms with Gasteiger partial charge in [-0.05, 0) is 25.7 Å². The van der Waals surface area contributed by atoms with Gasteiger partial charge in [0.1, 0.15) is 0 Å². The second-order valence-corrected chi connectivity index (χ2v) is 5.57. The van der Waals surface area contributed by atoms with Gasteiger partial charge in [-0.15, -0.1) is 0 Å². The fourth-order valence-electron chi connectivity index (χ4n) is 2.22. The number of aliphatic hydroxyl groups is 1. The average molecular weight is 290 g/mol. The minimum absolute atomic E-state index is 0.0722. The van der Waals surface area contributed by atoms with Crippen LogP contribution in [0.2, 0.25) is 0 Å². The zero-order valence-corrected chi connectivity index (χ0v) is 13.8. The molecule has 0 aromatic carbocycles. The van der Waals surface area contributed by atoms with Crippen LogP contribution in [0.25, 0.3) is 0 Å². The van der Waals surface area contributed by atoms with Crippen LogP contribution in [0, 0.1) is 0 Å². The zero-order chi connectivity index (χ0) is 15.6. The van der Waals surface area contributed by atoms with Crippen LogP contribution < -0.4 is 0 Å². The molecule has 0 aliphatic carbocycles. The summed E-state index contributed by atoms with van der Waals surface area (Å²) in [6, 6.07) is 0. The Hall–Kier alpha value is -1.08. The van der Waals surface area contributed by atoms with Gasteiger partial charge in [0, 0.05) is 0 Å². The molecule has 0 aromatic rings. The summed E-state index contributed by atoms with van der Waals surface area (Å²) in [6.45, 7) is 5.84. The Morgan fingerprint density at radius 1 is 0.810 bits per heavy atom. The van der Waals surface area contributed by atoms with Crippen LogP contribution in [-0.4, -0.2) is 11.2 Å². The molecular formula is C20H34O. The van der Waals surface area contributed by atoms with E-state index in [1.54, 1.807) is 6.08 Å².